The minimum absolute atomic E-state index is 0.223. The van der Waals surface area contributed by atoms with E-state index in [1.165, 1.54) is 11.1 Å². The zero-order chi connectivity index (χ0) is 12.3. The zero-order valence-electron chi connectivity index (χ0n) is 10.6. The average molecular weight is 232 g/mol. The summed E-state index contributed by atoms with van der Waals surface area (Å²) < 4.78 is 0. The molecule has 0 heterocycles. The van der Waals surface area contributed by atoms with Gasteiger partial charge in [-0.05, 0) is 31.0 Å². The van der Waals surface area contributed by atoms with Crippen molar-refractivity contribution in [2.24, 2.45) is 0 Å². The number of aryl methyl sites for hydroxylation is 1. The van der Waals surface area contributed by atoms with Crippen LogP contribution in [0.4, 0.5) is 0 Å². The molecule has 0 spiro atoms. The van der Waals surface area contributed by atoms with E-state index in [2.05, 4.69) is 29.6 Å². The zero-order valence-corrected chi connectivity index (χ0v) is 10.6. The molecule has 1 unspecified atom stereocenters. The summed E-state index contributed by atoms with van der Waals surface area (Å²) in [6.07, 6.45) is 2.72. The van der Waals surface area contributed by atoms with Gasteiger partial charge in [-0.2, -0.15) is 0 Å². The number of rotatable bonds is 4. The van der Waals surface area contributed by atoms with Gasteiger partial charge >= 0.3 is 0 Å². The van der Waals surface area contributed by atoms with Crippen molar-refractivity contribution in [1.82, 2.24) is 10.2 Å². The number of nitrogens with one attached hydrogen (secondary N) is 1. The van der Waals surface area contributed by atoms with Gasteiger partial charge in [0.15, 0.2) is 0 Å². The molecule has 0 saturated carbocycles. The molecule has 1 aromatic carbocycles. The van der Waals surface area contributed by atoms with Crippen LogP contribution in [0.1, 0.15) is 30.0 Å². The number of hydrogen-bond acceptors (Lipinski definition) is 2. The molecule has 1 aliphatic carbocycles. The third kappa shape index (κ3) is 2.50. The first-order chi connectivity index (χ1) is 8.24. The lowest BCUT2D eigenvalue weighted by atomic mass is 10.1. The van der Waals surface area contributed by atoms with Crippen molar-refractivity contribution in [2.45, 2.75) is 25.3 Å². The van der Waals surface area contributed by atoms with Gasteiger partial charge in [0.05, 0.1) is 6.04 Å². The molecule has 3 nitrogen and oxygen atoms in total. The Kier molecular flexibility index (Phi) is 3.79. The maximum Gasteiger partial charge on any atom is 0.224 e. The van der Waals surface area contributed by atoms with Gasteiger partial charge < -0.3 is 10.2 Å². The maximum absolute atomic E-state index is 12.0. The van der Waals surface area contributed by atoms with Crippen LogP contribution in [0.5, 0.6) is 0 Å². The smallest absolute Gasteiger partial charge is 0.224 e. The minimum atomic E-state index is 0.223. The van der Waals surface area contributed by atoms with Gasteiger partial charge in [0, 0.05) is 20.0 Å². The molecule has 92 valence electrons. The number of carbonyl (C=O) groups excluding carboxylic acids is 1. The summed E-state index contributed by atoms with van der Waals surface area (Å²) in [5, 5.41) is 3.02. The number of fused-ring (bicyclic) bond motifs is 1. The summed E-state index contributed by atoms with van der Waals surface area (Å²) in [6, 6.07) is 8.72. The van der Waals surface area contributed by atoms with Gasteiger partial charge in [0.25, 0.3) is 0 Å². The highest BCUT2D eigenvalue weighted by Crippen LogP contribution is 2.34. The summed E-state index contributed by atoms with van der Waals surface area (Å²) in [6.45, 7) is 0.748. The monoisotopic (exact) mass is 232 g/mol. The summed E-state index contributed by atoms with van der Waals surface area (Å²) in [7, 11) is 3.79. The van der Waals surface area contributed by atoms with Gasteiger partial charge in [-0.1, -0.05) is 24.3 Å². The first kappa shape index (κ1) is 12.1. The van der Waals surface area contributed by atoms with Crippen LogP contribution in [-0.2, 0) is 11.2 Å². The lowest BCUT2D eigenvalue weighted by molar-refractivity contribution is -0.132. The molecule has 1 aliphatic rings. The van der Waals surface area contributed by atoms with Crippen molar-refractivity contribution in [2.75, 3.05) is 20.6 Å². The third-order valence-corrected chi connectivity index (χ3v) is 3.55. The molecule has 0 aliphatic heterocycles. The van der Waals surface area contributed by atoms with Crippen LogP contribution >= 0.6 is 0 Å². The van der Waals surface area contributed by atoms with E-state index in [0.29, 0.717) is 6.42 Å². The maximum atomic E-state index is 12.0. The molecule has 1 atom stereocenters. The third-order valence-electron chi connectivity index (χ3n) is 3.55. The Balaban J connectivity index is 2.07. The molecule has 0 aromatic heterocycles. The number of hydrogen-bond donors (Lipinski definition) is 1. The van der Waals surface area contributed by atoms with Gasteiger partial charge in [-0.25, -0.2) is 0 Å². The quantitative estimate of drug-likeness (QED) is 0.857. The topological polar surface area (TPSA) is 32.3 Å². The van der Waals surface area contributed by atoms with Crippen molar-refractivity contribution in [3.63, 3.8) is 0 Å². The number of benzene rings is 1. The molecule has 1 aromatic rings. The summed E-state index contributed by atoms with van der Waals surface area (Å²) >= 11 is 0. The second-order valence-corrected chi connectivity index (χ2v) is 4.61. The van der Waals surface area contributed by atoms with Gasteiger partial charge in [0.1, 0.15) is 0 Å². The van der Waals surface area contributed by atoms with E-state index < -0.39 is 0 Å². The normalized spacial score (nSPS) is 17.9. The van der Waals surface area contributed by atoms with Crippen LogP contribution < -0.4 is 5.32 Å². The Morgan fingerprint density at radius 2 is 2.24 bits per heavy atom. The fourth-order valence-corrected chi connectivity index (χ4v) is 2.52. The lowest BCUT2D eigenvalue weighted by Crippen LogP contribution is -2.31. The number of nitrogens with zero attached hydrogens (tertiary/aromatic N) is 1. The molecule has 1 N–H and O–H groups in total. The van der Waals surface area contributed by atoms with E-state index in [1.54, 1.807) is 0 Å². The summed E-state index contributed by atoms with van der Waals surface area (Å²) in [5.41, 5.74) is 2.72. The van der Waals surface area contributed by atoms with E-state index >= 15 is 0 Å². The molecule has 0 fully saturated rings. The Morgan fingerprint density at radius 1 is 1.47 bits per heavy atom. The standard InChI is InChI=1S/C14H20N2O/c1-15-10-9-14(17)16(2)13-8-7-11-5-3-4-6-12(11)13/h3-6,13,15H,7-10H2,1-2H3. The molecular formula is C14H20N2O. The van der Waals surface area contributed by atoms with Crippen molar-refractivity contribution < 1.29 is 4.79 Å². The fraction of sp³-hybridized carbons (Fsp3) is 0.500. The van der Waals surface area contributed by atoms with Crippen LogP contribution in [-0.4, -0.2) is 31.4 Å². The van der Waals surface area contributed by atoms with Gasteiger partial charge in [0.2, 0.25) is 5.91 Å². The van der Waals surface area contributed by atoms with E-state index in [1.807, 2.05) is 19.0 Å². The Morgan fingerprint density at radius 3 is 3.00 bits per heavy atom. The fourth-order valence-electron chi connectivity index (χ4n) is 2.52. The molecular weight excluding hydrogens is 212 g/mol. The number of amides is 1. The summed E-state index contributed by atoms with van der Waals surface area (Å²) in [5.74, 6) is 0.223. The van der Waals surface area contributed by atoms with Crippen LogP contribution in [0, 0.1) is 0 Å². The minimum Gasteiger partial charge on any atom is -0.339 e. The van der Waals surface area contributed by atoms with Crippen molar-refractivity contribution >= 4 is 5.91 Å². The van der Waals surface area contributed by atoms with Crippen LogP contribution in [0.25, 0.3) is 0 Å². The molecule has 2 rings (SSSR count). The Labute approximate surface area is 103 Å². The van der Waals surface area contributed by atoms with E-state index in [0.717, 1.165) is 19.4 Å². The molecule has 0 radical (unpaired) electrons. The first-order valence-corrected chi connectivity index (χ1v) is 6.22. The average Bonchev–Trinajstić information content (AvgIpc) is 2.78. The summed E-state index contributed by atoms with van der Waals surface area (Å²) in [4.78, 5) is 13.9. The predicted octanol–water partition coefficient (Wildman–Crippen LogP) is 1.74. The van der Waals surface area contributed by atoms with E-state index in [-0.39, 0.29) is 11.9 Å². The van der Waals surface area contributed by atoms with E-state index in [4.69, 9.17) is 0 Å². The van der Waals surface area contributed by atoms with E-state index in [9.17, 15) is 4.79 Å². The van der Waals surface area contributed by atoms with Crippen LogP contribution in [0.2, 0.25) is 0 Å². The predicted molar refractivity (Wildman–Crippen MR) is 68.8 cm³/mol. The highest BCUT2D eigenvalue weighted by atomic mass is 16.2. The molecule has 0 saturated heterocycles. The second-order valence-electron chi connectivity index (χ2n) is 4.61. The van der Waals surface area contributed by atoms with Crippen LogP contribution in [0.15, 0.2) is 24.3 Å². The SMILES string of the molecule is CNCCC(=O)N(C)C1CCc2ccccc21. The largest absolute Gasteiger partial charge is 0.339 e. The van der Waals surface area contributed by atoms with Crippen molar-refractivity contribution in [1.29, 1.82) is 0 Å². The van der Waals surface area contributed by atoms with Gasteiger partial charge in [-0.3, -0.25) is 4.79 Å². The molecule has 17 heavy (non-hydrogen) atoms. The number of carbonyl (C=O) groups is 1. The second kappa shape index (κ2) is 5.32. The Bertz CT molecular complexity index is 403. The van der Waals surface area contributed by atoms with Gasteiger partial charge in [-0.15, -0.1) is 0 Å². The lowest BCUT2D eigenvalue weighted by Gasteiger charge is -2.25. The molecule has 0 bridgehead atoms. The molecule has 3 heteroatoms. The first-order valence-electron chi connectivity index (χ1n) is 6.22. The van der Waals surface area contributed by atoms with Crippen molar-refractivity contribution in [3.8, 4) is 0 Å². The highest BCUT2D eigenvalue weighted by molar-refractivity contribution is 5.76. The van der Waals surface area contributed by atoms with Crippen LogP contribution in [0.3, 0.4) is 0 Å². The van der Waals surface area contributed by atoms with Crippen molar-refractivity contribution in [3.05, 3.63) is 35.4 Å². The molecule has 1 amide bonds. The Hall–Kier alpha value is -1.35. The highest BCUT2D eigenvalue weighted by Gasteiger charge is 2.27.